The van der Waals surface area contributed by atoms with E-state index in [2.05, 4.69) is 10.3 Å². The van der Waals surface area contributed by atoms with E-state index in [0.29, 0.717) is 12.1 Å². The Bertz CT molecular complexity index is 795. The van der Waals surface area contributed by atoms with Crippen LogP contribution in [0.4, 0.5) is 0 Å². The molecule has 3 rings (SSSR count). The number of benzene rings is 1. The number of methoxy groups -OCH3 is 1. The summed E-state index contributed by atoms with van der Waals surface area (Å²) in [4.78, 5) is 16.3. The number of carbonyl (C=O) groups is 1. The van der Waals surface area contributed by atoms with Crippen molar-refractivity contribution in [1.82, 2.24) is 14.7 Å². The summed E-state index contributed by atoms with van der Waals surface area (Å²) in [5.74, 6) is 0.743. The number of hydrogen-bond acceptors (Lipinski definition) is 3. The number of pyridine rings is 1. The van der Waals surface area contributed by atoms with Crippen LogP contribution in [0.15, 0.2) is 55.0 Å². The number of amides is 1. The van der Waals surface area contributed by atoms with Crippen molar-refractivity contribution in [3.63, 3.8) is 0 Å². The van der Waals surface area contributed by atoms with Gasteiger partial charge in [-0.1, -0.05) is 12.1 Å². The Morgan fingerprint density at radius 2 is 2.23 bits per heavy atom. The molecule has 22 heavy (non-hydrogen) atoms. The number of hydrogen-bond donors (Lipinski definition) is 1. The highest BCUT2D eigenvalue weighted by Gasteiger charge is 2.06. The molecule has 2 heterocycles. The first-order valence-corrected chi connectivity index (χ1v) is 7.10. The van der Waals surface area contributed by atoms with Gasteiger partial charge in [0.05, 0.1) is 12.7 Å². The maximum absolute atomic E-state index is 12.2. The van der Waals surface area contributed by atoms with Crippen LogP contribution in [0.25, 0.3) is 5.65 Å². The van der Waals surface area contributed by atoms with Crippen molar-refractivity contribution in [3.8, 4) is 5.75 Å². The van der Waals surface area contributed by atoms with E-state index in [-0.39, 0.29) is 5.91 Å². The number of fused-ring (bicyclic) bond motifs is 1. The van der Waals surface area contributed by atoms with Crippen molar-refractivity contribution in [3.05, 3.63) is 66.1 Å². The standard InChI is InChI=1S/C17H17N3O2/c1-22-15-4-2-3-13(11-15)7-8-19-17(21)14-5-6-16-18-9-10-20(16)12-14/h2-6,9-12H,7-8H2,1H3,(H,19,21). The topological polar surface area (TPSA) is 55.6 Å². The van der Waals surface area contributed by atoms with Gasteiger partial charge in [-0.2, -0.15) is 0 Å². The first-order chi connectivity index (χ1) is 10.8. The molecule has 1 N–H and O–H groups in total. The molecule has 5 heteroatoms. The molecule has 0 spiro atoms. The molecular formula is C17H17N3O2. The molecule has 0 saturated heterocycles. The molecule has 3 aromatic rings. The van der Waals surface area contributed by atoms with E-state index in [4.69, 9.17) is 4.74 Å². The Kier molecular flexibility index (Phi) is 4.05. The molecule has 0 atom stereocenters. The van der Waals surface area contributed by atoms with Gasteiger partial charge in [-0.15, -0.1) is 0 Å². The number of imidazole rings is 1. The SMILES string of the molecule is COc1cccc(CCNC(=O)c2ccc3nccn3c2)c1. The third-order valence-electron chi connectivity index (χ3n) is 3.48. The second-order valence-corrected chi connectivity index (χ2v) is 4.97. The Morgan fingerprint density at radius 3 is 3.09 bits per heavy atom. The van der Waals surface area contributed by atoms with Crippen molar-refractivity contribution in [2.24, 2.45) is 0 Å². The predicted molar refractivity (Wildman–Crippen MR) is 84.2 cm³/mol. The maximum Gasteiger partial charge on any atom is 0.252 e. The number of nitrogens with one attached hydrogen (secondary N) is 1. The van der Waals surface area contributed by atoms with Crippen LogP contribution in [-0.2, 0) is 6.42 Å². The minimum atomic E-state index is -0.0847. The van der Waals surface area contributed by atoms with Gasteiger partial charge in [0.2, 0.25) is 0 Å². The average Bonchev–Trinajstić information content (AvgIpc) is 3.02. The van der Waals surface area contributed by atoms with Crippen LogP contribution in [-0.4, -0.2) is 28.9 Å². The van der Waals surface area contributed by atoms with Gasteiger partial charge in [0, 0.05) is 25.1 Å². The van der Waals surface area contributed by atoms with Crippen molar-refractivity contribution in [2.45, 2.75) is 6.42 Å². The smallest absolute Gasteiger partial charge is 0.252 e. The zero-order chi connectivity index (χ0) is 15.4. The normalized spacial score (nSPS) is 10.6. The minimum absolute atomic E-state index is 0.0847. The summed E-state index contributed by atoms with van der Waals surface area (Å²) in [5.41, 5.74) is 2.58. The first-order valence-electron chi connectivity index (χ1n) is 7.10. The van der Waals surface area contributed by atoms with Crippen molar-refractivity contribution in [2.75, 3.05) is 13.7 Å². The molecule has 0 aliphatic heterocycles. The lowest BCUT2D eigenvalue weighted by Gasteiger charge is -2.07. The Hall–Kier alpha value is -2.82. The Labute approximate surface area is 128 Å². The molecule has 0 unspecified atom stereocenters. The molecule has 2 aromatic heterocycles. The minimum Gasteiger partial charge on any atom is -0.497 e. The average molecular weight is 295 g/mol. The summed E-state index contributed by atoms with van der Waals surface area (Å²) < 4.78 is 7.02. The van der Waals surface area contributed by atoms with Crippen molar-refractivity contribution < 1.29 is 9.53 Å². The zero-order valence-electron chi connectivity index (χ0n) is 12.3. The Balaban J connectivity index is 1.59. The fourth-order valence-electron chi connectivity index (χ4n) is 2.30. The van der Waals surface area contributed by atoms with Gasteiger partial charge in [-0.3, -0.25) is 4.79 Å². The molecule has 0 aliphatic rings. The van der Waals surface area contributed by atoms with Crippen molar-refractivity contribution >= 4 is 11.6 Å². The van der Waals surface area contributed by atoms with Gasteiger partial charge in [0.25, 0.3) is 5.91 Å². The second-order valence-electron chi connectivity index (χ2n) is 4.97. The van der Waals surface area contributed by atoms with E-state index in [1.807, 2.05) is 40.9 Å². The molecule has 112 valence electrons. The Morgan fingerprint density at radius 1 is 1.32 bits per heavy atom. The van der Waals surface area contributed by atoms with Crippen LogP contribution >= 0.6 is 0 Å². The summed E-state index contributed by atoms with van der Waals surface area (Å²) in [6.07, 6.45) is 6.07. The van der Waals surface area contributed by atoms with E-state index in [9.17, 15) is 4.79 Å². The van der Waals surface area contributed by atoms with Crippen LogP contribution in [0.5, 0.6) is 5.75 Å². The third-order valence-corrected chi connectivity index (χ3v) is 3.48. The summed E-state index contributed by atoms with van der Waals surface area (Å²) in [6.45, 7) is 0.577. The zero-order valence-corrected chi connectivity index (χ0v) is 12.3. The second kappa shape index (κ2) is 6.30. The molecule has 1 aromatic carbocycles. The highest BCUT2D eigenvalue weighted by molar-refractivity contribution is 5.94. The van der Waals surface area contributed by atoms with Gasteiger partial charge in [-0.25, -0.2) is 4.98 Å². The molecule has 0 bridgehead atoms. The number of rotatable bonds is 5. The number of carbonyl (C=O) groups excluding carboxylic acids is 1. The molecule has 1 amide bonds. The highest BCUT2D eigenvalue weighted by atomic mass is 16.5. The van der Waals surface area contributed by atoms with Gasteiger partial charge in [-0.05, 0) is 36.2 Å². The highest BCUT2D eigenvalue weighted by Crippen LogP contribution is 2.12. The largest absolute Gasteiger partial charge is 0.497 e. The third kappa shape index (κ3) is 3.09. The van der Waals surface area contributed by atoms with E-state index >= 15 is 0 Å². The van der Waals surface area contributed by atoms with Gasteiger partial charge < -0.3 is 14.5 Å². The number of aromatic nitrogens is 2. The number of nitrogens with zero attached hydrogens (tertiary/aromatic N) is 2. The molecule has 0 radical (unpaired) electrons. The fourth-order valence-corrected chi connectivity index (χ4v) is 2.30. The monoisotopic (exact) mass is 295 g/mol. The fraction of sp³-hybridized carbons (Fsp3) is 0.176. The van der Waals surface area contributed by atoms with Crippen LogP contribution in [0.1, 0.15) is 15.9 Å². The van der Waals surface area contributed by atoms with Crippen molar-refractivity contribution in [1.29, 1.82) is 0 Å². The molecule has 0 saturated carbocycles. The maximum atomic E-state index is 12.2. The van der Waals surface area contributed by atoms with Crippen LogP contribution in [0.3, 0.4) is 0 Å². The van der Waals surface area contributed by atoms with Crippen LogP contribution in [0, 0.1) is 0 Å². The quantitative estimate of drug-likeness (QED) is 0.786. The summed E-state index contributed by atoms with van der Waals surface area (Å²) in [5, 5.41) is 2.93. The van der Waals surface area contributed by atoms with E-state index in [1.54, 1.807) is 25.6 Å². The van der Waals surface area contributed by atoms with Crippen LogP contribution < -0.4 is 10.1 Å². The lowest BCUT2D eigenvalue weighted by molar-refractivity contribution is 0.0953. The van der Waals surface area contributed by atoms with Crippen LogP contribution in [0.2, 0.25) is 0 Å². The summed E-state index contributed by atoms with van der Waals surface area (Å²) in [6, 6.07) is 11.5. The van der Waals surface area contributed by atoms with E-state index in [1.165, 1.54) is 0 Å². The lowest BCUT2D eigenvalue weighted by atomic mass is 10.1. The lowest BCUT2D eigenvalue weighted by Crippen LogP contribution is -2.25. The van der Waals surface area contributed by atoms with E-state index < -0.39 is 0 Å². The molecular weight excluding hydrogens is 278 g/mol. The molecule has 5 nitrogen and oxygen atoms in total. The first kappa shape index (κ1) is 14.1. The van der Waals surface area contributed by atoms with Gasteiger partial charge in [0.15, 0.2) is 0 Å². The van der Waals surface area contributed by atoms with Gasteiger partial charge in [0.1, 0.15) is 11.4 Å². The van der Waals surface area contributed by atoms with E-state index in [0.717, 1.165) is 23.4 Å². The van der Waals surface area contributed by atoms with Gasteiger partial charge >= 0.3 is 0 Å². The predicted octanol–water partition coefficient (Wildman–Crippen LogP) is 2.32. The summed E-state index contributed by atoms with van der Waals surface area (Å²) >= 11 is 0. The molecule has 0 aliphatic carbocycles. The summed E-state index contributed by atoms with van der Waals surface area (Å²) in [7, 11) is 1.65. The molecule has 0 fully saturated rings. The number of ether oxygens (including phenoxy) is 1.